The van der Waals surface area contributed by atoms with Crippen molar-refractivity contribution in [3.63, 3.8) is 0 Å². The van der Waals surface area contributed by atoms with Crippen LogP contribution in [0.5, 0.6) is 0 Å². The van der Waals surface area contributed by atoms with E-state index in [9.17, 15) is 8.42 Å². The Bertz CT molecular complexity index is 524. The number of sulfonamides is 1. The zero-order valence-electron chi connectivity index (χ0n) is 12.1. The normalized spacial score (nSPS) is 17.1. The van der Waals surface area contributed by atoms with Crippen LogP contribution in [0.1, 0.15) is 38.7 Å². The molecule has 1 fully saturated rings. The predicted molar refractivity (Wildman–Crippen MR) is 78.7 cm³/mol. The summed E-state index contributed by atoms with van der Waals surface area (Å²) >= 11 is 0. The first-order chi connectivity index (χ1) is 9.51. The average Bonchev–Trinajstić information content (AvgIpc) is 3.27. The molecule has 1 atom stereocenters. The van der Waals surface area contributed by atoms with E-state index in [0.717, 1.165) is 18.5 Å². The van der Waals surface area contributed by atoms with Crippen molar-refractivity contribution >= 4 is 10.0 Å². The molecule has 0 aliphatic heterocycles. The first-order valence-electron chi connectivity index (χ1n) is 7.19. The van der Waals surface area contributed by atoms with E-state index < -0.39 is 10.0 Å². The van der Waals surface area contributed by atoms with Crippen molar-refractivity contribution in [3.8, 4) is 0 Å². The monoisotopic (exact) mass is 297 g/mol. The smallest absolute Gasteiger partial charge is 0.258 e. The summed E-state index contributed by atoms with van der Waals surface area (Å²) in [5, 5.41) is 3.47. The van der Waals surface area contributed by atoms with Gasteiger partial charge in [0.1, 0.15) is 0 Å². The third-order valence-electron chi connectivity index (χ3n) is 3.56. The summed E-state index contributed by atoms with van der Waals surface area (Å²) in [5.74, 6) is 0.326. The highest BCUT2D eigenvalue weighted by Gasteiger charge is 2.20. The molecule has 1 aliphatic rings. The molecule has 0 saturated heterocycles. The summed E-state index contributed by atoms with van der Waals surface area (Å²) in [7, 11) is -3.48. The van der Waals surface area contributed by atoms with Crippen LogP contribution in [-0.2, 0) is 16.6 Å². The standard InChI is InChI=1S/C14H23N3O2S/c1-3-11(2)8-17-20(18,19)14-7-4-12(10-16-14)9-15-13-5-6-13/h4,7,10-11,13,15,17H,3,5-6,8-9H2,1-2H3. The van der Waals surface area contributed by atoms with Crippen molar-refractivity contribution in [1.29, 1.82) is 0 Å². The van der Waals surface area contributed by atoms with E-state index >= 15 is 0 Å². The van der Waals surface area contributed by atoms with E-state index in [2.05, 4.69) is 15.0 Å². The van der Waals surface area contributed by atoms with Crippen molar-refractivity contribution < 1.29 is 8.42 Å². The molecule has 6 heteroatoms. The highest BCUT2D eigenvalue weighted by molar-refractivity contribution is 7.89. The molecule has 1 aliphatic carbocycles. The molecule has 0 aromatic carbocycles. The minimum atomic E-state index is -3.48. The van der Waals surface area contributed by atoms with E-state index in [0.29, 0.717) is 18.5 Å². The maximum atomic E-state index is 12.1. The highest BCUT2D eigenvalue weighted by Crippen LogP contribution is 2.19. The van der Waals surface area contributed by atoms with Gasteiger partial charge in [-0.25, -0.2) is 18.1 Å². The number of hydrogen-bond donors (Lipinski definition) is 2. The molecule has 2 N–H and O–H groups in total. The lowest BCUT2D eigenvalue weighted by molar-refractivity contribution is 0.526. The van der Waals surface area contributed by atoms with E-state index in [1.54, 1.807) is 12.3 Å². The van der Waals surface area contributed by atoms with Crippen LogP contribution < -0.4 is 10.0 Å². The van der Waals surface area contributed by atoms with Crippen LogP contribution in [0.3, 0.4) is 0 Å². The molecule has 0 amide bonds. The number of rotatable bonds is 8. The highest BCUT2D eigenvalue weighted by atomic mass is 32.2. The van der Waals surface area contributed by atoms with Crippen molar-refractivity contribution in [2.45, 2.75) is 50.7 Å². The molecular weight excluding hydrogens is 274 g/mol. The van der Waals surface area contributed by atoms with Crippen molar-refractivity contribution in [1.82, 2.24) is 15.0 Å². The number of pyridine rings is 1. The van der Waals surface area contributed by atoms with Gasteiger partial charge in [0.2, 0.25) is 0 Å². The van der Waals surface area contributed by atoms with Crippen LogP contribution in [0.4, 0.5) is 0 Å². The molecule has 0 spiro atoms. The second-order valence-corrected chi connectivity index (χ2v) is 7.24. The molecule has 0 bridgehead atoms. The second kappa shape index (κ2) is 6.65. The molecule has 0 radical (unpaired) electrons. The summed E-state index contributed by atoms with van der Waals surface area (Å²) in [4.78, 5) is 4.06. The minimum absolute atomic E-state index is 0.0935. The maximum Gasteiger partial charge on any atom is 0.258 e. The molecule has 5 nitrogen and oxygen atoms in total. The molecule has 1 heterocycles. The summed E-state index contributed by atoms with van der Waals surface area (Å²) in [6.45, 7) is 5.26. The van der Waals surface area contributed by atoms with Gasteiger partial charge in [0.05, 0.1) is 0 Å². The topological polar surface area (TPSA) is 71.1 Å². The fourth-order valence-electron chi connectivity index (χ4n) is 1.69. The minimum Gasteiger partial charge on any atom is -0.310 e. The van der Waals surface area contributed by atoms with Crippen molar-refractivity contribution in [2.75, 3.05) is 6.54 Å². The molecule has 2 rings (SSSR count). The second-order valence-electron chi connectivity index (χ2n) is 5.53. The lowest BCUT2D eigenvalue weighted by atomic mass is 10.1. The van der Waals surface area contributed by atoms with Gasteiger partial charge >= 0.3 is 0 Å². The summed E-state index contributed by atoms with van der Waals surface area (Å²) in [6.07, 6.45) is 5.05. The summed E-state index contributed by atoms with van der Waals surface area (Å²) < 4.78 is 26.7. The van der Waals surface area contributed by atoms with Gasteiger partial charge in [-0.1, -0.05) is 26.3 Å². The Kier molecular flexibility index (Phi) is 5.12. The summed E-state index contributed by atoms with van der Waals surface area (Å²) in [5.41, 5.74) is 1.01. The van der Waals surface area contributed by atoms with Gasteiger partial charge in [-0.05, 0) is 30.4 Å². The van der Waals surface area contributed by atoms with Crippen LogP contribution in [0, 0.1) is 5.92 Å². The van der Waals surface area contributed by atoms with Gasteiger partial charge in [0.15, 0.2) is 5.03 Å². The molecular formula is C14H23N3O2S. The Morgan fingerprint density at radius 1 is 1.40 bits per heavy atom. The molecule has 1 aromatic heterocycles. The molecule has 1 saturated carbocycles. The van der Waals surface area contributed by atoms with E-state index in [4.69, 9.17) is 0 Å². The lowest BCUT2D eigenvalue weighted by Gasteiger charge is -2.10. The zero-order valence-corrected chi connectivity index (χ0v) is 12.9. The Morgan fingerprint density at radius 2 is 2.15 bits per heavy atom. The number of hydrogen-bond acceptors (Lipinski definition) is 4. The first-order valence-corrected chi connectivity index (χ1v) is 8.67. The summed E-state index contributed by atoms with van der Waals surface area (Å²) in [6, 6.07) is 4.03. The SMILES string of the molecule is CCC(C)CNS(=O)(=O)c1ccc(CNC2CC2)cn1. The van der Waals surface area contributed by atoms with Gasteiger partial charge in [0.25, 0.3) is 10.0 Å². The van der Waals surface area contributed by atoms with Gasteiger partial charge in [-0.15, -0.1) is 0 Å². The van der Waals surface area contributed by atoms with E-state index in [1.807, 2.05) is 19.9 Å². The first kappa shape index (κ1) is 15.4. The number of nitrogens with zero attached hydrogens (tertiary/aromatic N) is 1. The molecule has 1 aromatic rings. The number of nitrogens with one attached hydrogen (secondary N) is 2. The van der Waals surface area contributed by atoms with Gasteiger partial charge < -0.3 is 5.32 Å². The van der Waals surface area contributed by atoms with Crippen LogP contribution in [-0.4, -0.2) is 26.0 Å². The molecule has 1 unspecified atom stereocenters. The van der Waals surface area contributed by atoms with Gasteiger partial charge in [-0.2, -0.15) is 0 Å². The van der Waals surface area contributed by atoms with Crippen molar-refractivity contribution in [3.05, 3.63) is 23.9 Å². The van der Waals surface area contributed by atoms with Crippen LogP contribution in [0.25, 0.3) is 0 Å². The lowest BCUT2D eigenvalue weighted by Crippen LogP contribution is -2.29. The predicted octanol–water partition coefficient (Wildman–Crippen LogP) is 1.66. The van der Waals surface area contributed by atoms with Gasteiger partial charge in [0, 0.05) is 25.3 Å². The Balaban J connectivity index is 1.92. The average molecular weight is 297 g/mol. The largest absolute Gasteiger partial charge is 0.310 e. The van der Waals surface area contributed by atoms with Crippen LogP contribution >= 0.6 is 0 Å². The number of aromatic nitrogens is 1. The van der Waals surface area contributed by atoms with Gasteiger partial charge in [-0.3, -0.25) is 0 Å². The zero-order chi connectivity index (χ0) is 14.6. The third-order valence-corrected chi connectivity index (χ3v) is 4.90. The van der Waals surface area contributed by atoms with E-state index in [-0.39, 0.29) is 5.03 Å². The molecule has 112 valence electrons. The van der Waals surface area contributed by atoms with Crippen LogP contribution in [0.15, 0.2) is 23.4 Å². The molecule has 20 heavy (non-hydrogen) atoms. The van der Waals surface area contributed by atoms with Crippen LogP contribution in [0.2, 0.25) is 0 Å². The van der Waals surface area contributed by atoms with E-state index in [1.165, 1.54) is 12.8 Å². The Morgan fingerprint density at radius 3 is 2.70 bits per heavy atom. The fraction of sp³-hybridized carbons (Fsp3) is 0.643. The Labute approximate surface area is 121 Å². The maximum absolute atomic E-state index is 12.1. The quantitative estimate of drug-likeness (QED) is 0.765. The third kappa shape index (κ3) is 4.54. The fourth-order valence-corrected chi connectivity index (χ4v) is 2.78. The Hall–Kier alpha value is -0.980. The van der Waals surface area contributed by atoms with Crippen molar-refractivity contribution in [2.24, 2.45) is 5.92 Å².